The zero-order valence-corrected chi connectivity index (χ0v) is 20.0. The number of halogens is 2. The Balaban J connectivity index is 1.64. The minimum atomic E-state index is -0.392. The number of aromatic nitrogens is 3. The molecule has 0 spiro atoms. The third-order valence-electron chi connectivity index (χ3n) is 5.34. The zero-order valence-electron chi connectivity index (χ0n) is 18.5. The molecule has 2 aromatic carbocycles. The number of hydrogen-bond donors (Lipinski definition) is 2. The second-order valence-electron chi connectivity index (χ2n) is 7.87. The number of rotatable bonds is 7. The number of nitrogens with zero attached hydrogens (tertiary/aromatic N) is 3. The predicted molar refractivity (Wildman–Crippen MR) is 136 cm³/mol. The van der Waals surface area contributed by atoms with Gasteiger partial charge in [0.25, 0.3) is 0 Å². The molecule has 0 saturated carbocycles. The fourth-order valence-electron chi connectivity index (χ4n) is 3.66. The van der Waals surface area contributed by atoms with Gasteiger partial charge in [0.05, 0.1) is 28.6 Å². The fraction of sp³-hybridized carbons (Fsp3) is 0.240. The van der Waals surface area contributed by atoms with Gasteiger partial charge in [-0.1, -0.05) is 60.8 Å². The molecule has 2 aromatic heterocycles. The summed E-state index contributed by atoms with van der Waals surface area (Å²) in [6.45, 7) is 4.65. The summed E-state index contributed by atoms with van der Waals surface area (Å²) in [4.78, 5) is 22.2. The predicted octanol–water partition coefficient (Wildman–Crippen LogP) is 7.08. The molecule has 4 rings (SSSR count). The van der Waals surface area contributed by atoms with E-state index in [4.69, 9.17) is 33.2 Å². The number of urea groups is 1. The van der Waals surface area contributed by atoms with Crippen LogP contribution in [0.15, 0.2) is 54.6 Å². The Morgan fingerprint density at radius 1 is 1.00 bits per heavy atom. The maximum atomic E-state index is 12.6. The van der Waals surface area contributed by atoms with E-state index in [1.807, 2.05) is 49.4 Å². The summed E-state index contributed by atoms with van der Waals surface area (Å²) in [6.07, 6.45) is 2.95. The van der Waals surface area contributed by atoms with Gasteiger partial charge >= 0.3 is 6.03 Å². The third kappa shape index (κ3) is 5.46. The first kappa shape index (κ1) is 23.1. The van der Waals surface area contributed by atoms with E-state index in [0.29, 0.717) is 33.7 Å². The molecule has 0 fully saturated rings. The molecule has 170 valence electrons. The van der Waals surface area contributed by atoms with Gasteiger partial charge in [-0.25, -0.2) is 14.8 Å². The van der Waals surface area contributed by atoms with Crippen molar-refractivity contribution in [2.24, 2.45) is 0 Å². The molecule has 6 nitrogen and oxygen atoms in total. The molecule has 0 aliphatic heterocycles. The maximum Gasteiger partial charge on any atom is 0.323 e. The molecular formula is C25H25Cl2N5O. The highest BCUT2D eigenvalue weighted by atomic mass is 35.5. The summed E-state index contributed by atoms with van der Waals surface area (Å²) >= 11 is 12.3. The smallest absolute Gasteiger partial charge is 0.308 e. The number of hydrogen-bond acceptors (Lipinski definition) is 3. The number of nitrogens with one attached hydrogen (secondary N) is 2. The van der Waals surface area contributed by atoms with Crippen molar-refractivity contribution in [1.29, 1.82) is 0 Å². The Kier molecular flexibility index (Phi) is 7.16. The van der Waals surface area contributed by atoms with Crippen LogP contribution in [-0.2, 0) is 13.0 Å². The molecule has 4 aromatic rings. The standard InChI is InChI=1S/C25H25Cl2N5O/c1-3-4-12-23-29-22-14-21(31-25(33)30-20-11-6-5-10-19(20)27)16(2)28-24(22)32(23)15-17-8-7-9-18(26)13-17/h5-11,13-14H,3-4,12,15H2,1-2H3,(H2,30,31,33). The Labute approximate surface area is 203 Å². The topological polar surface area (TPSA) is 71.8 Å². The van der Waals surface area contributed by atoms with Crippen molar-refractivity contribution in [1.82, 2.24) is 14.5 Å². The van der Waals surface area contributed by atoms with Gasteiger partial charge in [-0.15, -0.1) is 0 Å². The molecule has 0 aliphatic rings. The van der Waals surface area contributed by atoms with E-state index in [1.165, 1.54) is 0 Å². The van der Waals surface area contributed by atoms with Crippen LogP contribution in [0.3, 0.4) is 0 Å². The van der Waals surface area contributed by atoms with Gasteiger partial charge in [0.15, 0.2) is 5.65 Å². The largest absolute Gasteiger partial charge is 0.323 e. The van der Waals surface area contributed by atoms with Crippen molar-refractivity contribution in [2.45, 2.75) is 39.7 Å². The minimum Gasteiger partial charge on any atom is -0.308 e. The highest BCUT2D eigenvalue weighted by Gasteiger charge is 2.16. The first-order chi connectivity index (χ1) is 15.9. The molecule has 0 radical (unpaired) electrons. The second kappa shape index (κ2) is 10.2. The van der Waals surface area contributed by atoms with Crippen molar-refractivity contribution in [3.63, 3.8) is 0 Å². The average molecular weight is 482 g/mol. The molecule has 2 heterocycles. The lowest BCUT2D eigenvalue weighted by atomic mass is 10.2. The summed E-state index contributed by atoms with van der Waals surface area (Å²) in [5.74, 6) is 0.969. The number of amides is 2. The van der Waals surface area contributed by atoms with E-state index < -0.39 is 6.03 Å². The van der Waals surface area contributed by atoms with Crippen LogP contribution in [0.1, 0.15) is 36.8 Å². The first-order valence-corrected chi connectivity index (χ1v) is 11.6. The van der Waals surface area contributed by atoms with E-state index in [0.717, 1.165) is 41.8 Å². The Hall–Kier alpha value is -3.09. The SMILES string of the molecule is CCCCc1nc2cc(NC(=O)Nc3ccccc3Cl)c(C)nc2n1Cc1cccc(Cl)c1. The number of para-hydroxylation sites is 1. The minimum absolute atomic E-state index is 0.392. The quantitative estimate of drug-likeness (QED) is 0.296. The monoisotopic (exact) mass is 481 g/mol. The number of aryl methyl sites for hydroxylation is 2. The van der Waals surface area contributed by atoms with Gasteiger partial charge in [-0.05, 0) is 49.2 Å². The molecule has 0 aliphatic carbocycles. The number of anilines is 2. The van der Waals surface area contributed by atoms with Gasteiger partial charge in [0.2, 0.25) is 0 Å². The van der Waals surface area contributed by atoms with Crippen molar-refractivity contribution in [2.75, 3.05) is 10.6 Å². The highest BCUT2D eigenvalue weighted by molar-refractivity contribution is 6.33. The number of carbonyl (C=O) groups excluding carboxylic acids is 1. The van der Waals surface area contributed by atoms with E-state index in [2.05, 4.69) is 22.1 Å². The molecule has 33 heavy (non-hydrogen) atoms. The van der Waals surface area contributed by atoms with Crippen LogP contribution in [0.25, 0.3) is 11.2 Å². The Bertz CT molecular complexity index is 1300. The van der Waals surface area contributed by atoms with Crippen LogP contribution in [-0.4, -0.2) is 20.6 Å². The lowest BCUT2D eigenvalue weighted by Gasteiger charge is -2.12. The Morgan fingerprint density at radius 2 is 1.79 bits per heavy atom. The molecule has 2 amide bonds. The number of imidazole rings is 1. The lowest BCUT2D eigenvalue weighted by Crippen LogP contribution is -2.20. The number of fused-ring (bicyclic) bond motifs is 1. The van der Waals surface area contributed by atoms with E-state index in [1.54, 1.807) is 12.1 Å². The number of carbonyl (C=O) groups is 1. The third-order valence-corrected chi connectivity index (χ3v) is 5.91. The van der Waals surface area contributed by atoms with E-state index >= 15 is 0 Å². The molecule has 8 heteroatoms. The van der Waals surface area contributed by atoms with Gasteiger partial charge in [-0.3, -0.25) is 0 Å². The van der Waals surface area contributed by atoms with Crippen molar-refractivity contribution in [3.05, 3.63) is 81.7 Å². The van der Waals surface area contributed by atoms with Gasteiger partial charge < -0.3 is 15.2 Å². The first-order valence-electron chi connectivity index (χ1n) is 10.9. The van der Waals surface area contributed by atoms with Gasteiger partial charge in [0.1, 0.15) is 11.3 Å². The number of benzene rings is 2. The maximum absolute atomic E-state index is 12.6. The molecule has 0 bridgehead atoms. The number of pyridine rings is 1. The summed E-state index contributed by atoms with van der Waals surface area (Å²) in [7, 11) is 0. The van der Waals surface area contributed by atoms with Crippen LogP contribution < -0.4 is 10.6 Å². The van der Waals surface area contributed by atoms with E-state index in [9.17, 15) is 4.79 Å². The van der Waals surface area contributed by atoms with Crippen molar-refractivity contribution >= 4 is 51.8 Å². The summed E-state index contributed by atoms with van der Waals surface area (Å²) in [5.41, 5.74) is 4.45. The summed E-state index contributed by atoms with van der Waals surface area (Å²) in [6, 6.07) is 16.4. The van der Waals surface area contributed by atoms with E-state index in [-0.39, 0.29) is 0 Å². The van der Waals surface area contributed by atoms with Crippen LogP contribution in [0.5, 0.6) is 0 Å². The summed E-state index contributed by atoms with van der Waals surface area (Å²) in [5, 5.41) is 6.81. The van der Waals surface area contributed by atoms with Gasteiger partial charge in [0, 0.05) is 11.4 Å². The van der Waals surface area contributed by atoms with Crippen molar-refractivity contribution in [3.8, 4) is 0 Å². The van der Waals surface area contributed by atoms with Crippen LogP contribution in [0, 0.1) is 6.92 Å². The van der Waals surface area contributed by atoms with Crippen LogP contribution in [0.4, 0.5) is 16.2 Å². The van der Waals surface area contributed by atoms with Crippen molar-refractivity contribution < 1.29 is 4.79 Å². The molecular weight excluding hydrogens is 457 g/mol. The number of unbranched alkanes of at least 4 members (excludes halogenated alkanes) is 1. The average Bonchev–Trinajstić information content (AvgIpc) is 3.10. The Morgan fingerprint density at radius 3 is 2.55 bits per heavy atom. The van der Waals surface area contributed by atoms with Crippen LogP contribution in [0.2, 0.25) is 10.0 Å². The fourth-order valence-corrected chi connectivity index (χ4v) is 4.06. The molecule has 2 N–H and O–H groups in total. The van der Waals surface area contributed by atoms with Gasteiger partial charge in [-0.2, -0.15) is 0 Å². The molecule has 0 atom stereocenters. The normalized spacial score (nSPS) is 11.0. The molecule has 0 unspecified atom stereocenters. The molecule has 0 saturated heterocycles. The van der Waals surface area contributed by atoms with Crippen LogP contribution >= 0.6 is 23.2 Å². The summed E-state index contributed by atoms with van der Waals surface area (Å²) < 4.78 is 2.14. The zero-order chi connectivity index (χ0) is 23.4. The lowest BCUT2D eigenvalue weighted by molar-refractivity contribution is 0.262. The highest BCUT2D eigenvalue weighted by Crippen LogP contribution is 2.25. The second-order valence-corrected chi connectivity index (χ2v) is 8.71.